The first kappa shape index (κ1) is 10.8. The van der Waals surface area contributed by atoms with Crippen LogP contribution >= 0.6 is 22.6 Å². The summed E-state index contributed by atoms with van der Waals surface area (Å²) in [7, 11) is 2.02. The van der Waals surface area contributed by atoms with Gasteiger partial charge >= 0.3 is 0 Å². The number of aromatic nitrogens is 2. The van der Waals surface area contributed by atoms with Gasteiger partial charge in [-0.2, -0.15) is 5.10 Å². The summed E-state index contributed by atoms with van der Waals surface area (Å²) < 4.78 is 1.83. The monoisotopic (exact) mass is 337 g/mol. The minimum absolute atomic E-state index is 0.215. The highest BCUT2D eigenvalue weighted by atomic mass is 127. The van der Waals surface area contributed by atoms with E-state index in [0.717, 1.165) is 5.52 Å². The highest BCUT2D eigenvalue weighted by Gasteiger charge is 2.26. The van der Waals surface area contributed by atoms with Crippen molar-refractivity contribution in [1.29, 1.82) is 0 Å². The topological polar surface area (TPSA) is 21.1 Å². The van der Waals surface area contributed by atoms with E-state index in [1.807, 2.05) is 35.0 Å². The Kier molecular flexibility index (Phi) is 2.47. The summed E-state index contributed by atoms with van der Waals surface area (Å²) in [5, 5.41) is 5.67. The maximum absolute atomic E-state index is 4.50. The van der Waals surface area contributed by atoms with Gasteiger partial charge in [0.25, 0.3) is 0 Å². The van der Waals surface area contributed by atoms with Crippen LogP contribution in [0.5, 0.6) is 0 Å². The van der Waals surface area contributed by atoms with Gasteiger partial charge < -0.3 is 4.90 Å². The van der Waals surface area contributed by atoms with Gasteiger partial charge in [-0.3, -0.25) is 0 Å². The van der Waals surface area contributed by atoms with E-state index in [1.54, 1.807) is 0 Å². The Hall–Kier alpha value is -1.30. The Bertz CT molecular complexity index is 598. The van der Waals surface area contributed by atoms with Crippen LogP contribution in [0.25, 0.3) is 10.9 Å². The van der Waals surface area contributed by atoms with Crippen LogP contribution in [0, 0.1) is 0 Å². The van der Waals surface area contributed by atoms with Crippen molar-refractivity contribution < 1.29 is 0 Å². The predicted molar refractivity (Wildman–Crippen MR) is 77.8 cm³/mol. The van der Waals surface area contributed by atoms with Crippen molar-refractivity contribution in [2.24, 2.45) is 0 Å². The molecule has 1 aliphatic rings. The van der Waals surface area contributed by atoms with E-state index in [-0.39, 0.29) is 3.55 Å². The second-order valence-electron chi connectivity index (χ2n) is 4.14. The fourth-order valence-corrected chi connectivity index (χ4v) is 2.64. The van der Waals surface area contributed by atoms with Gasteiger partial charge in [0, 0.05) is 24.8 Å². The minimum Gasteiger partial charge on any atom is -0.358 e. The number of benzene rings is 1. The smallest absolute Gasteiger partial charge is 0.153 e. The summed E-state index contributed by atoms with van der Waals surface area (Å²) in [5.41, 5.74) is 1.15. The van der Waals surface area contributed by atoms with Crippen LogP contribution in [0.2, 0.25) is 0 Å². The summed E-state index contributed by atoms with van der Waals surface area (Å²) in [6.07, 6.45) is 10.3. The maximum atomic E-state index is 4.50. The van der Waals surface area contributed by atoms with Crippen LogP contribution < -0.4 is 0 Å². The van der Waals surface area contributed by atoms with Crippen molar-refractivity contribution in [1.82, 2.24) is 14.7 Å². The van der Waals surface area contributed by atoms with Crippen LogP contribution in [-0.2, 0) is 3.55 Å². The summed E-state index contributed by atoms with van der Waals surface area (Å²) in [4.78, 5) is 2.03. The average molecular weight is 337 g/mol. The van der Waals surface area contributed by atoms with E-state index in [4.69, 9.17) is 0 Å². The largest absolute Gasteiger partial charge is 0.358 e. The summed E-state index contributed by atoms with van der Waals surface area (Å²) in [6, 6.07) is 8.27. The zero-order valence-corrected chi connectivity index (χ0v) is 11.6. The highest BCUT2D eigenvalue weighted by molar-refractivity contribution is 14.1. The Labute approximate surface area is 114 Å². The lowest BCUT2D eigenvalue weighted by Gasteiger charge is -2.26. The molecule has 3 rings (SSSR count). The SMILES string of the molecule is CN1C=CC(I)(n2ncc3ccccc32)C=C1. The lowest BCUT2D eigenvalue weighted by molar-refractivity contribution is 0.548. The minimum atomic E-state index is -0.215. The zero-order valence-electron chi connectivity index (χ0n) is 9.42. The van der Waals surface area contributed by atoms with Crippen LogP contribution in [-0.4, -0.2) is 21.7 Å². The van der Waals surface area contributed by atoms with Crippen LogP contribution in [0.15, 0.2) is 55.0 Å². The maximum Gasteiger partial charge on any atom is 0.153 e. The third-order valence-corrected chi connectivity index (χ3v) is 4.06. The number of para-hydroxylation sites is 1. The molecule has 3 nitrogen and oxygen atoms in total. The van der Waals surface area contributed by atoms with Gasteiger partial charge in [0.05, 0.1) is 11.7 Å². The summed E-state index contributed by atoms with van der Waals surface area (Å²) >= 11 is 2.41. The van der Waals surface area contributed by atoms with Gasteiger partial charge in [0.1, 0.15) is 0 Å². The summed E-state index contributed by atoms with van der Waals surface area (Å²) in [5.74, 6) is 0. The Morgan fingerprint density at radius 3 is 2.65 bits per heavy atom. The molecule has 0 atom stereocenters. The van der Waals surface area contributed by atoms with Gasteiger partial charge in [-0.15, -0.1) is 0 Å². The fourth-order valence-electron chi connectivity index (χ4n) is 1.94. The number of hydrogen-bond donors (Lipinski definition) is 0. The summed E-state index contributed by atoms with van der Waals surface area (Å²) in [6.45, 7) is 0. The van der Waals surface area contributed by atoms with Crippen molar-refractivity contribution >= 4 is 33.5 Å². The van der Waals surface area contributed by atoms with E-state index in [9.17, 15) is 0 Å². The molecule has 0 amide bonds. The van der Waals surface area contributed by atoms with Gasteiger partial charge in [0.2, 0.25) is 0 Å². The molecule has 0 radical (unpaired) electrons. The quantitative estimate of drug-likeness (QED) is 0.589. The lowest BCUT2D eigenvalue weighted by Crippen LogP contribution is -2.26. The van der Waals surface area contributed by atoms with Gasteiger partial charge in [-0.1, -0.05) is 18.2 Å². The van der Waals surface area contributed by atoms with E-state index in [0.29, 0.717) is 0 Å². The number of nitrogens with zero attached hydrogens (tertiary/aromatic N) is 3. The van der Waals surface area contributed by atoms with Crippen molar-refractivity contribution in [3.05, 3.63) is 55.0 Å². The Morgan fingerprint density at radius 1 is 1.18 bits per heavy atom. The van der Waals surface area contributed by atoms with Gasteiger partial charge in [0.15, 0.2) is 3.55 Å². The Morgan fingerprint density at radius 2 is 1.88 bits per heavy atom. The molecule has 2 heterocycles. The number of allylic oxidation sites excluding steroid dienone is 2. The van der Waals surface area contributed by atoms with Crippen LogP contribution in [0.4, 0.5) is 0 Å². The molecule has 0 aliphatic carbocycles. The van der Waals surface area contributed by atoms with Crippen molar-refractivity contribution in [3.63, 3.8) is 0 Å². The molecule has 4 heteroatoms. The molecule has 0 unspecified atom stereocenters. The second-order valence-corrected chi connectivity index (χ2v) is 5.87. The third-order valence-electron chi connectivity index (χ3n) is 2.89. The molecule has 1 aromatic heterocycles. The number of halogens is 1. The second kappa shape index (κ2) is 3.87. The molecule has 0 saturated heterocycles. The normalized spacial score (nSPS) is 17.9. The van der Waals surface area contributed by atoms with Crippen LogP contribution in [0.1, 0.15) is 0 Å². The molecule has 0 saturated carbocycles. The average Bonchev–Trinajstić information content (AvgIpc) is 2.78. The highest BCUT2D eigenvalue weighted by Crippen LogP contribution is 2.33. The zero-order chi connectivity index (χ0) is 11.9. The Balaban J connectivity index is 2.16. The first-order valence-corrected chi connectivity index (χ1v) is 6.50. The number of alkyl halides is 1. The first-order chi connectivity index (χ1) is 8.19. The van der Waals surface area contributed by atoms with Crippen molar-refractivity contribution in [3.8, 4) is 0 Å². The molecule has 0 fully saturated rings. The molecule has 1 aliphatic heterocycles. The van der Waals surface area contributed by atoms with Crippen molar-refractivity contribution in [2.75, 3.05) is 7.05 Å². The fraction of sp³-hybridized carbons (Fsp3) is 0.154. The molecule has 0 spiro atoms. The number of hydrogen-bond acceptors (Lipinski definition) is 2. The molecule has 86 valence electrons. The van der Waals surface area contributed by atoms with Gasteiger partial charge in [-0.25, -0.2) is 4.68 Å². The van der Waals surface area contributed by atoms with Crippen molar-refractivity contribution in [2.45, 2.75) is 3.55 Å². The lowest BCUT2D eigenvalue weighted by atomic mass is 10.2. The molecule has 1 aromatic carbocycles. The standard InChI is InChI=1S/C13H12IN3/c1-16-8-6-13(14,7-9-16)17-12-5-3-2-4-11(12)10-15-17/h2-10H,1H3. The molecular formula is C13H12IN3. The van der Waals surface area contributed by atoms with E-state index < -0.39 is 0 Å². The first-order valence-electron chi connectivity index (χ1n) is 5.42. The molecule has 2 aromatic rings. The van der Waals surface area contributed by atoms with E-state index in [1.165, 1.54) is 5.39 Å². The molecule has 0 bridgehead atoms. The van der Waals surface area contributed by atoms with Gasteiger partial charge in [-0.05, 0) is 40.8 Å². The molecule has 17 heavy (non-hydrogen) atoms. The number of fused-ring (bicyclic) bond motifs is 1. The van der Waals surface area contributed by atoms with E-state index >= 15 is 0 Å². The number of rotatable bonds is 1. The van der Waals surface area contributed by atoms with E-state index in [2.05, 4.69) is 64.4 Å². The molecule has 0 N–H and O–H groups in total. The molecular weight excluding hydrogens is 325 g/mol. The third kappa shape index (κ3) is 1.76. The predicted octanol–water partition coefficient (Wildman–Crippen LogP) is 3.10. The van der Waals surface area contributed by atoms with Crippen LogP contribution in [0.3, 0.4) is 0 Å².